The van der Waals surface area contributed by atoms with Crippen LogP contribution in [0.15, 0.2) is 65.8 Å². The second-order valence-corrected chi connectivity index (χ2v) is 8.53. The molecule has 2 aromatic rings. The van der Waals surface area contributed by atoms with Crippen molar-refractivity contribution < 1.29 is 58.5 Å². The van der Waals surface area contributed by atoms with Gasteiger partial charge in [0.1, 0.15) is 25.4 Å². The van der Waals surface area contributed by atoms with E-state index in [1.165, 1.54) is 9.81 Å². The predicted molar refractivity (Wildman–Crippen MR) is 134 cm³/mol. The molecule has 0 aliphatic carbocycles. The van der Waals surface area contributed by atoms with Crippen molar-refractivity contribution in [2.24, 2.45) is 5.11 Å². The zero-order valence-electron chi connectivity index (χ0n) is 21.4. The molecule has 39 heavy (non-hydrogen) atoms. The smallest absolute Gasteiger partial charge is 0.445 e. The van der Waals surface area contributed by atoms with E-state index in [0.717, 1.165) is 11.1 Å². The second-order valence-electron chi connectivity index (χ2n) is 8.53. The molecule has 0 bridgehead atoms. The number of likely N-dealkylation sites (tertiary alicyclic amines) is 2. The minimum Gasteiger partial charge on any atom is -0.445 e. The molecule has 0 saturated carbocycles. The summed E-state index contributed by atoms with van der Waals surface area (Å²) in [5.41, 5.74) is 23.7. The van der Waals surface area contributed by atoms with Crippen LogP contribution in [0, 0.1) is 0 Å². The van der Waals surface area contributed by atoms with Gasteiger partial charge in [-0.2, -0.15) is 0 Å². The molecule has 200 valence electrons. The number of morpholine rings is 1. The molecule has 3 fully saturated rings. The quantitative estimate of drug-likeness (QED) is 0.190. The van der Waals surface area contributed by atoms with Crippen molar-refractivity contribution in [1.29, 1.82) is 0 Å². The van der Waals surface area contributed by atoms with Gasteiger partial charge in [0, 0.05) is 11.5 Å². The maximum atomic E-state index is 11.8. The number of ether oxygens (including phenoxy) is 3. The molecule has 1 N–H and O–H groups in total. The molecule has 4 atom stereocenters. The second kappa shape index (κ2) is 16.5. The van der Waals surface area contributed by atoms with Gasteiger partial charge in [-0.25, -0.2) is 9.59 Å². The van der Waals surface area contributed by atoms with Crippen LogP contribution < -0.4 is 29.6 Å². The Morgan fingerprint density at radius 3 is 1.72 bits per heavy atom. The third kappa shape index (κ3) is 10.3. The third-order valence-corrected chi connectivity index (χ3v) is 5.87. The fourth-order valence-electron chi connectivity index (χ4n) is 3.88. The minimum atomic E-state index is -0.833. The zero-order valence-corrected chi connectivity index (χ0v) is 23.4. The topological polar surface area (TPSA) is 199 Å². The summed E-state index contributed by atoms with van der Waals surface area (Å²) in [6.07, 6.45) is -1.05. The van der Waals surface area contributed by atoms with E-state index >= 15 is 0 Å². The molecule has 0 radical (unpaired) electrons. The largest absolute Gasteiger partial charge is 1.00 e. The molecule has 3 heterocycles. The van der Waals surface area contributed by atoms with Crippen LogP contribution in [0.3, 0.4) is 0 Å². The number of hydrogen-bond donors (Lipinski definition) is 1. The Bertz CT molecular complexity index is 1140. The Kier molecular flexibility index (Phi) is 13.4. The van der Waals surface area contributed by atoms with Gasteiger partial charge in [-0.05, 0) is 16.7 Å². The predicted octanol–water partition coefficient (Wildman–Crippen LogP) is 0.955. The molecular formula is C24H27N8NaO6. The van der Waals surface area contributed by atoms with Gasteiger partial charge in [0.05, 0.1) is 31.8 Å². The molecule has 2 aromatic carbocycles. The Hall–Kier alpha value is -3.48. The SMILES string of the molecule is O=C(OCc1ccccc1)N1CC2OC2C1.[N-]=[N+]=N[C@H]1CN(C(=O)OCc2ccccc2)C[C@@H]1O.[N-]=[N+]=[N-].[Na+]. The number of aliphatic hydroxyl groups is 1. The van der Waals surface area contributed by atoms with E-state index in [1.54, 1.807) is 4.90 Å². The van der Waals surface area contributed by atoms with Crippen LogP contribution in [0.5, 0.6) is 0 Å². The fraction of sp³-hybridized carbons (Fsp3) is 0.417. The first kappa shape index (κ1) is 31.7. The molecule has 0 spiro atoms. The monoisotopic (exact) mass is 546 g/mol. The number of epoxide rings is 1. The molecule has 3 aliphatic heterocycles. The van der Waals surface area contributed by atoms with E-state index in [0.29, 0.717) is 19.7 Å². The van der Waals surface area contributed by atoms with Crippen molar-refractivity contribution in [1.82, 2.24) is 9.80 Å². The summed E-state index contributed by atoms with van der Waals surface area (Å²) >= 11 is 0. The zero-order chi connectivity index (χ0) is 27.3. The van der Waals surface area contributed by atoms with Crippen molar-refractivity contribution in [2.75, 3.05) is 26.2 Å². The van der Waals surface area contributed by atoms with Gasteiger partial charge in [0.25, 0.3) is 0 Å². The molecule has 2 unspecified atom stereocenters. The number of β-amino-alcohol motifs (C(OH)–C–C–N with tert-alkyl or cyclic N) is 1. The average molecular weight is 547 g/mol. The molecule has 3 aliphatic rings. The Morgan fingerprint density at radius 2 is 1.28 bits per heavy atom. The van der Waals surface area contributed by atoms with E-state index < -0.39 is 18.2 Å². The maximum Gasteiger partial charge on any atom is 1.00 e. The summed E-state index contributed by atoms with van der Waals surface area (Å²) in [5.74, 6) is 0. The normalized spacial score (nSPS) is 21.7. The minimum absolute atomic E-state index is 0. The average Bonchev–Trinajstić information content (AvgIpc) is 3.36. The number of carbonyl (C=O) groups is 2. The summed E-state index contributed by atoms with van der Waals surface area (Å²) in [7, 11) is 0. The van der Waals surface area contributed by atoms with Crippen LogP contribution in [-0.2, 0) is 27.4 Å². The summed E-state index contributed by atoms with van der Waals surface area (Å²) in [4.78, 5) is 30.6. The van der Waals surface area contributed by atoms with Crippen molar-refractivity contribution >= 4 is 12.2 Å². The fourth-order valence-corrected chi connectivity index (χ4v) is 3.88. The van der Waals surface area contributed by atoms with E-state index in [4.69, 9.17) is 30.8 Å². The number of nitrogens with zero attached hydrogens (tertiary/aromatic N) is 8. The summed E-state index contributed by atoms with van der Waals surface area (Å²) in [6, 6.07) is 18.4. The number of azide groups is 1. The molecular weight excluding hydrogens is 519 g/mol. The van der Waals surface area contributed by atoms with Gasteiger partial charge in [-0.15, -0.1) is 0 Å². The number of rotatable bonds is 5. The van der Waals surface area contributed by atoms with E-state index in [1.807, 2.05) is 60.7 Å². The van der Waals surface area contributed by atoms with E-state index in [-0.39, 0.29) is 67.6 Å². The van der Waals surface area contributed by atoms with Gasteiger partial charge in [0.2, 0.25) is 0 Å². The standard InChI is InChI=1S/C12H14N4O3.C12H13NO3.N3.Na/c13-15-14-10-6-16(7-11(10)17)12(18)19-8-9-4-2-1-3-5-9;14-12(13-6-10-11(7-13)16-10)15-8-9-4-2-1-3-5-9;1-3-2;/h1-5,10-11,17H,6-8H2;1-5,10-11H,6-8H2;;/q;;-1;+1/t10-,11-;;;/m0.../s1. The first-order valence-electron chi connectivity index (χ1n) is 11.7. The molecule has 0 aromatic heterocycles. The first-order chi connectivity index (χ1) is 18.4. The van der Waals surface area contributed by atoms with Crippen LogP contribution in [0.1, 0.15) is 11.1 Å². The van der Waals surface area contributed by atoms with Gasteiger partial charge < -0.3 is 40.2 Å². The Labute approximate surface area is 246 Å². The molecule has 3 saturated heterocycles. The van der Waals surface area contributed by atoms with Crippen LogP contribution in [-0.4, -0.2) is 77.6 Å². The van der Waals surface area contributed by atoms with E-state index in [2.05, 4.69) is 10.0 Å². The van der Waals surface area contributed by atoms with Crippen LogP contribution >= 0.6 is 0 Å². The molecule has 2 amide bonds. The van der Waals surface area contributed by atoms with Crippen molar-refractivity contribution in [3.05, 3.63) is 98.2 Å². The summed E-state index contributed by atoms with van der Waals surface area (Å²) < 4.78 is 15.6. The number of fused-ring (bicyclic) bond motifs is 1. The number of hydrogen-bond acceptors (Lipinski definition) is 7. The Morgan fingerprint density at radius 1 is 0.846 bits per heavy atom. The Balaban J connectivity index is 0.000000245. The number of benzene rings is 2. The van der Waals surface area contributed by atoms with Crippen LogP contribution in [0.4, 0.5) is 9.59 Å². The van der Waals surface area contributed by atoms with Gasteiger partial charge >= 0.3 is 41.7 Å². The molecule has 14 nitrogen and oxygen atoms in total. The van der Waals surface area contributed by atoms with Gasteiger partial charge in [0.15, 0.2) is 0 Å². The van der Waals surface area contributed by atoms with Crippen molar-refractivity contribution in [2.45, 2.75) is 37.6 Å². The van der Waals surface area contributed by atoms with Gasteiger partial charge in [-0.3, -0.25) is 4.91 Å². The number of carbonyl (C=O) groups excluding carboxylic acids is 2. The van der Waals surface area contributed by atoms with Crippen LogP contribution in [0.2, 0.25) is 0 Å². The van der Waals surface area contributed by atoms with Crippen molar-refractivity contribution in [3.63, 3.8) is 0 Å². The molecule has 15 heteroatoms. The first-order valence-corrected chi connectivity index (χ1v) is 11.7. The maximum absolute atomic E-state index is 11.8. The third-order valence-electron chi connectivity index (χ3n) is 5.87. The van der Waals surface area contributed by atoms with Crippen LogP contribution in [0.25, 0.3) is 26.4 Å². The summed E-state index contributed by atoms with van der Waals surface area (Å²) in [6.45, 7) is 2.18. The number of aliphatic hydroxyl groups excluding tert-OH is 1. The number of amides is 2. The molecule has 5 rings (SSSR count). The van der Waals surface area contributed by atoms with Gasteiger partial charge in [-0.1, -0.05) is 65.8 Å². The summed E-state index contributed by atoms with van der Waals surface area (Å²) in [5, 5.41) is 13.0. The van der Waals surface area contributed by atoms with E-state index in [9.17, 15) is 14.7 Å². The van der Waals surface area contributed by atoms with Crippen molar-refractivity contribution in [3.8, 4) is 0 Å².